The van der Waals surface area contributed by atoms with Crippen LogP contribution >= 0.6 is 0 Å². The average molecular weight is 462 g/mol. The van der Waals surface area contributed by atoms with E-state index in [4.69, 9.17) is 4.74 Å². The standard InChI is InChI=1S/C23H31N3O5S/c1-18(23(28)24-2)25(17-19-10-6-5-7-11-19)22(27)14-9-15-26(32(4,29)30)20-12-8-13-21(16-20)31-3/h5-8,10-13,16,18H,9,14-15,17H2,1-4H3,(H,24,28)/t18-/m0/s1. The second-order valence-electron chi connectivity index (χ2n) is 7.44. The smallest absolute Gasteiger partial charge is 0.242 e. The van der Waals surface area contributed by atoms with E-state index in [2.05, 4.69) is 5.32 Å². The molecule has 8 nitrogen and oxygen atoms in total. The van der Waals surface area contributed by atoms with Gasteiger partial charge in [0.15, 0.2) is 0 Å². The van der Waals surface area contributed by atoms with Crippen LogP contribution in [0.5, 0.6) is 5.75 Å². The molecule has 0 heterocycles. The highest BCUT2D eigenvalue weighted by Crippen LogP contribution is 2.23. The Hall–Kier alpha value is -3.07. The first kappa shape index (κ1) is 25.2. The number of hydrogen-bond acceptors (Lipinski definition) is 5. The zero-order valence-electron chi connectivity index (χ0n) is 18.9. The van der Waals surface area contributed by atoms with Crippen molar-refractivity contribution in [2.75, 3.05) is 31.3 Å². The summed E-state index contributed by atoms with van der Waals surface area (Å²) in [5.41, 5.74) is 1.38. The molecule has 0 saturated heterocycles. The van der Waals surface area contributed by atoms with Gasteiger partial charge in [-0.1, -0.05) is 36.4 Å². The SMILES string of the molecule is CNC(=O)[C@H](C)N(Cc1ccccc1)C(=O)CCCN(c1cccc(OC)c1)S(C)(=O)=O. The first-order valence-corrected chi connectivity index (χ1v) is 12.2. The molecule has 0 unspecified atom stereocenters. The van der Waals surface area contributed by atoms with E-state index in [1.165, 1.54) is 23.4 Å². The highest BCUT2D eigenvalue weighted by Gasteiger charge is 2.26. The number of nitrogens with one attached hydrogen (secondary N) is 1. The number of ether oxygens (including phenoxy) is 1. The van der Waals surface area contributed by atoms with Crippen molar-refractivity contribution in [1.82, 2.24) is 10.2 Å². The van der Waals surface area contributed by atoms with Crippen LogP contribution in [-0.2, 0) is 26.2 Å². The van der Waals surface area contributed by atoms with Crippen molar-refractivity contribution in [2.24, 2.45) is 0 Å². The molecule has 1 atom stereocenters. The maximum Gasteiger partial charge on any atom is 0.242 e. The molecule has 2 aromatic carbocycles. The van der Waals surface area contributed by atoms with Crippen molar-refractivity contribution >= 4 is 27.5 Å². The van der Waals surface area contributed by atoms with Gasteiger partial charge < -0.3 is 15.0 Å². The zero-order chi connectivity index (χ0) is 23.7. The summed E-state index contributed by atoms with van der Waals surface area (Å²) in [6.45, 7) is 2.10. The number of likely N-dealkylation sites (N-methyl/N-ethyl adjacent to an activating group) is 1. The molecule has 0 aliphatic rings. The van der Waals surface area contributed by atoms with E-state index in [-0.39, 0.29) is 24.8 Å². The average Bonchev–Trinajstić information content (AvgIpc) is 2.79. The highest BCUT2D eigenvalue weighted by atomic mass is 32.2. The second-order valence-corrected chi connectivity index (χ2v) is 9.34. The molecule has 0 aliphatic heterocycles. The fourth-order valence-corrected chi connectivity index (χ4v) is 4.30. The number of carbonyl (C=O) groups is 2. The molecule has 32 heavy (non-hydrogen) atoms. The van der Waals surface area contributed by atoms with Crippen molar-refractivity contribution in [3.63, 3.8) is 0 Å². The van der Waals surface area contributed by atoms with Gasteiger partial charge in [0.2, 0.25) is 21.8 Å². The molecule has 0 aliphatic carbocycles. The third-order valence-corrected chi connectivity index (χ3v) is 6.30. The van der Waals surface area contributed by atoms with Gasteiger partial charge in [-0.05, 0) is 31.0 Å². The van der Waals surface area contributed by atoms with E-state index >= 15 is 0 Å². The number of hydrogen-bond donors (Lipinski definition) is 1. The molecule has 0 radical (unpaired) electrons. The summed E-state index contributed by atoms with van der Waals surface area (Å²) in [5, 5.41) is 2.58. The molecular formula is C23H31N3O5S. The van der Waals surface area contributed by atoms with Gasteiger partial charge in [-0.3, -0.25) is 13.9 Å². The third kappa shape index (κ3) is 6.98. The van der Waals surface area contributed by atoms with Crippen LogP contribution in [0.3, 0.4) is 0 Å². The summed E-state index contributed by atoms with van der Waals surface area (Å²) in [5.74, 6) is 0.0631. The first-order chi connectivity index (χ1) is 15.2. The van der Waals surface area contributed by atoms with Gasteiger partial charge >= 0.3 is 0 Å². The molecule has 9 heteroatoms. The Labute approximate surface area is 190 Å². The van der Waals surface area contributed by atoms with Gasteiger partial charge in [-0.25, -0.2) is 8.42 Å². The Morgan fingerprint density at radius 1 is 1.09 bits per heavy atom. The fourth-order valence-electron chi connectivity index (χ4n) is 3.34. The first-order valence-electron chi connectivity index (χ1n) is 10.3. The zero-order valence-corrected chi connectivity index (χ0v) is 19.8. The van der Waals surface area contributed by atoms with Gasteiger partial charge in [0.1, 0.15) is 11.8 Å². The second kappa shape index (κ2) is 11.5. The molecule has 0 saturated carbocycles. The largest absolute Gasteiger partial charge is 0.497 e. The van der Waals surface area contributed by atoms with Crippen molar-refractivity contribution < 1.29 is 22.7 Å². The summed E-state index contributed by atoms with van der Waals surface area (Å²) < 4.78 is 31.2. The van der Waals surface area contributed by atoms with E-state index < -0.39 is 16.1 Å². The molecule has 0 fully saturated rings. The van der Waals surface area contributed by atoms with Gasteiger partial charge in [-0.2, -0.15) is 0 Å². The molecule has 0 spiro atoms. The molecule has 2 rings (SSSR count). The number of anilines is 1. The summed E-state index contributed by atoms with van der Waals surface area (Å²) in [6.07, 6.45) is 1.53. The van der Waals surface area contributed by atoms with E-state index in [0.717, 1.165) is 11.8 Å². The Balaban J connectivity index is 2.13. The maximum atomic E-state index is 13.0. The fraction of sp³-hybridized carbons (Fsp3) is 0.391. The predicted octanol–water partition coefficient (Wildman–Crippen LogP) is 2.40. The van der Waals surface area contributed by atoms with Crippen LogP contribution in [0.25, 0.3) is 0 Å². The molecular weight excluding hydrogens is 430 g/mol. The topological polar surface area (TPSA) is 96.0 Å². The van der Waals surface area contributed by atoms with Crippen molar-refractivity contribution in [2.45, 2.75) is 32.4 Å². The predicted molar refractivity (Wildman–Crippen MR) is 125 cm³/mol. The molecule has 2 aromatic rings. The Bertz CT molecular complexity index is 1010. The Morgan fingerprint density at radius 2 is 1.78 bits per heavy atom. The van der Waals surface area contributed by atoms with Crippen LogP contribution in [0, 0.1) is 0 Å². The van der Waals surface area contributed by atoms with E-state index in [9.17, 15) is 18.0 Å². The van der Waals surface area contributed by atoms with Crippen molar-refractivity contribution in [3.05, 3.63) is 60.2 Å². The lowest BCUT2D eigenvalue weighted by atomic mass is 10.1. The van der Waals surface area contributed by atoms with Crippen LogP contribution in [0.15, 0.2) is 54.6 Å². The quantitative estimate of drug-likeness (QED) is 0.554. The van der Waals surface area contributed by atoms with E-state index in [0.29, 0.717) is 24.4 Å². The van der Waals surface area contributed by atoms with Crippen molar-refractivity contribution in [1.29, 1.82) is 0 Å². The summed E-state index contributed by atoms with van der Waals surface area (Å²) in [7, 11) is -0.513. The minimum absolute atomic E-state index is 0.101. The number of amides is 2. The monoisotopic (exact) mass is 461 g/mol. The highest BCUT2D eigenvalue weighted by molar-refractivity contribution is 7.92. The van der Waals surface area contributed by atoms with Crippen LogP contribution in [0.4, 0.5) is 5.69 Å². The number of carbonyl (C=O) groups excluding carboxylic acids is 2. The maximum absolute atomic E-state index is 13.0. The van der Waals surface area contributed by atoms with Crippen LogP contribution in [-0.4, -0.2) is 58.1 Å². The molecule has 174 valence electrons. The molecule has 2 amide bonds. The number of rotatable bonds is 11. The minimum atomic E-state index is -3.55. The number of benzene rings is 2. The van der Waals surface area contributed by atoms with Gasteiger partial charge in [0, 0.05) is 32.6 Å². The van der Waals surface area contributed by atoms with Crippen molar-refractivity contribution in [3.8, 4) is 5.75 Å². The molecule has 1 N–H and O–H groups in total. The van der Waals surface area contributed by atoms with Gasteiger partial charge in [0.05, 0.1) is 19.1 Å². The minimum Gasteiger partial charge on any atom is -0.497 e. The normalized spacial score (nSPS) is 12.0. The van der Waals surface area contributed by atoms with Crippen LogP contribution < -0.4 is 14.4 Å². The number of nitrogens with zero attached hydrogens (tertiary/aromatic N) is 2. The molecule has 0 aromatic heterocycles. The van der Waals surface area contributed by atoms with E-state index in [1.807, 2.05) is 30.3 Å². The van der Waals surface area contributed by atoms with E-state index in [1.54, 1.807) is 31.2 Å². The van der Waals surface area contributed by atoms with Gasteiger partial charge in [0.25, 0.3) is 0 Å². The number of methoxy groups -OCH3 is 1. The van der Waals surface area contributed by atoms with Crippen LogP contribution in [0.1, 0.15) is 25.3 Å². The number of sulfonamides is 1. The Morgan fingerprint density at radius 3 is 2.38 bits per heavy atom. The van der Waals surface area contributed by atoms with Crippen LogP contribution in [0.2, 0.25) is 0 Å². The lowest BCUT2D eigenvalue weighted by Gasteiger charge is -2.29. The summed E-state index contributed by atoms with van der Waals surface area (Å²) in [6, 6.07) is 15.5. The molecule has 0 bridgehead atoms. The Kier molecular flexibility index (Phi) is 9.07. The third-order valence-electron chi connectivity index (χ3n) is 5.10. The van der Waals surface area contributed by atoms with Gasteiger partial charge in [-0.15, -0.1) is 0 Å². The lowest BCUT2D eigenvalue weighted by molar-refractivity contribution is -0.140. The summed E-state index contributed by atoms with van der Waals surface area (Å²) in [4.78, 5) is 26.8. The summed E-state index contributed by atoms with van der Waals surface area (Å²) >= 11 is 0. The lowest BCUT2D eigenvalue weighted by Crippen LogP contribution is -2.46.